The molecule has 2 aromatic carbocycles. The fourth-order valence-electron chi connectivity index (χ4n) is 2.37. The number of fused-ring (bicyclic) bond motifs is 1. The van der Waals surface area contributed by atoms with Gasteiger partial charge in [0.2, 0.25) is 5.91 Å². The molecular formula is C17H14ClFN2O. The number of benzene rings is 2. The lowest BCUT2D eigenvalue weighted by molar-refractivity contribution is -0.120. The van der Waals surface area contributed by atoms with Gasteiger partial charge in [-0.15, -0.1) is 0 Å². The predicted molar refractivity (Wildman–Crippen MR) is 85.3 cm³/mol. The normalized spacial score (nSPS) is 10.8. The molecule has 0 aliphatic carbocycles. The van der Waals surface area contributed by atoms with E-state index < -0.39 is 0 Å². The summed E-state index contributed by atoms with van der Waals surface area (Å²) in [5.41, 5.74) is 2.27. The number of rotatable bonds is 4. The third kappa shape index (κ3) is 3.12. The molecule has 0 bridgehead atoms. The van der Waals surface area contributed by atoms with Crippen LogP contribution < -0.4 is 5.32 Å². The zero-order valence-corrected chi connectivity index (χ0v) is 12.5. The van der Waals surface area contributed by atoms with Crippen molar-refractivity contribution in [2.45, 2.75) is 13.0 Å². The van der Waals surface area contributed by atoms with Crippen LogP contribution in [0.25, 0.3) is 10.9 Å². The van der Waals surface area contributed by atoms with Gasteiger partial charge in [0, 0.05) is 34.2 Å². The molecule has 22 heavy (non-hydrogen) atoms. The average molecular weight is 317 g/mol. The van der Waals surface area contributed by atoms with Crippen molar-refractivity contribution < 1.29 is 9.18 Å². The molecule has 2 N–H and O–H groups in total. The highest BCUT2D eigenvalue weighted by Gasteiger charge is 2.10. The van der Waals surface area contributed by atoms with E-state index >= 15 is 0 Å². The Morgan fingerprint density at radius 2 is 2.00 bits per heavy atom. The first-order valence-electron chi connectivity index (χ1n) is 6.89. The van der Waals surface area contributed by atoms with E-state index in [1.807, 2.05) is 12.1 Å². The summed E-state index contributed by atoms with van der Waals surface area (Å²) >= 11 is 5.99. The van der Waals surface area contributed by atoms with Gasteiger partial charge in [-0.3, -0.25) is 4.79 Å². The minimum Gasteiger partial charge on any atom is -0.361 e. The van der Waals surface area contributed by atoms with Crippen molar-refractivity contribution in [2.75, 3.05) is 0 Å². The van der Waals surface area contributed by atoms with Crippen LogP contribution in [0.4, 0.5) is 4.39 Å². The fourth-order valence-corrected chi connectivity index (χ4v) is 2.54. The first kappa shape index (κ1) is 14.6. The number of carbonyl (C=O) groups is 1. The highest BCUT2D eigenvalue weighted by molar-refractivity contribution is 6.31. The number of H-pyrrole nitrogens is 1. The quantitative estimate of drug-likeness (QED) is 0.755. The lowest BCUT2D eigenvalue weighted by Gasteiger charge is -2.06. The Morgan fingerprint density at radius 3 is 2.82 bits per heavy atom. The molecule has 0 unspecified atom stereocenters. The van der Waals surface area contributed by atoms with Crippen molar-refractivity contribution in [3.63, 3.8) is 0 Å². The average Bonchev–Trinajstić information content (AvgIpc) is 2.89. The maximum absolute atomic E-state index is 13.5. The largest absolute Gasteiger partial charge is 0.361 e. The molecule has 0 saturated heterocycles. The van der Waals surface area contributed by atoms with Crippen molar-refractivity contribution in [1.29, 1.82) is 0 Å². The van der Waals surface area contributed by atoms with Crippen molar-refractivity contribution >= 4 is 28.4 Å². The molecule has 0 spiro atoms. The van der Waals surface area contributed by atoms with Gasteiger partial charge in [0.15, 0.2) is 0 Å². The van der Waals surface area contributed by atoms with Gasteiger partial charge in [0.1, 0.15) is 5.82 Å². The molecule has 0 radical (unpaired) electrons. The minimum absolute atomic E-state index is 0.163. The van der Waals surface area contributed by atoms with Gasteiger partial charge in [0.05, 0.1) is 6.42 Å². The summed E-state index contributed by atoms with van der Waals surface area (Å²) in [6.07, 6.45) is 2.01. The second-order valence-corrected chi connectivity index (χ2v) is 5.49. The number of nitrogens with one attached hydrogen (secondary N) is 2. The standard InChI is InChI=1S/C17H14ClFN2O/c18-13-5-6-16-14(8-13)12(10-20-16)7-17(22)21-9-11-3-1-2-4-15(11)19/h1-6,8,10,20H,7,9H2,(H,21,22). The summed E-state index contributed by atoms with van der Waals surface area (Å²) in [6, 6.07) is 11.9. The molecule has 3 nitrogen and oxygen atoms in total. The summed E-state index contributed by atoms with van der Waals surface area (Å²) in [4.78, 5) is 15.1. The van der Waals surface area contributed by atoms with Crippen LogP contribution in [0, 0.1) is 5.82 Å². The summed E-state index contributed by atoms with van der Waals surface area (Å²) in [7, 11) is 0. The molecule has 1 heterocycles. The Hall–Kier alpha value is -2.33. The Balaban J connectivity index is 1.68. The van der Waals surface area contributed by atoms with Crippen LogP contribution in [0.1, 0.15) is 11.1 Å². The SMILES string of the molecule is O=C(Cc1c[nH]c2ccc(Cl)cc12)NCc1ccccc1F. The lowest BCUT2D eigenvalue weighted by Crippen LogP contribution is -2.24. The van der Waals surface area contributed by atoms with E-state index in [4.69, 9.17) is 11.6 Å². The van der Waals surface area contributed by atoms with Gasteiger partial charge in [-0.05, 0) is 29.8 Å². The second kappa shape index (κ2) is 6.20. The Bertz CT molecular complexity index is 828. The van der Waals surface area contributed by atoms with E-state index in [1.165, 1.54) is 6.07 Å². The van der Waals surface area contributed by atoms with Crippen molar-refractivity contribution in [1.82, 2.24) is 10.3 Å². The van der Waals surface area contributed by atoms with Gasteiger partial charge in [-0.25, -0.2) is 4.39 Å². The van der Waals surface area contributed by atoms with Crippen LogP contribution in [-0.4, -0.2) is 10.9 Å². The summed E-state index contributed by atoms with van der Waals surface area (Å²) < 4.78 is 13.5. The molecule has 0 fully saturated rings. The van der Waals surface area contributed by atoms with Gasteiger partial charge in [-0.1, -0.05) is 29.8 Å². The third-order valence-electron chi connectivity index (χ3n) is 3.51. The zero-order valence-electron chi connectivity index (χ0n) is 11.7. The van der Waals surface area contributed by atoms with Crippen LogP contribution in [0.15, 0.2) is 48.7 Å². The summed E-state index contributed by atoms with van der Waals surface area (Å²) in [5.74, 6) is -0.481. The van der Waals surface area contributed by atoms with Gasteiger partial charge >= 0.3 is 0 Å². The first-order chi connectivity index (χ1) is 10.6. The number of halogens is 2. The molecule has 1 amide bonds. The molecule has 3 rings (SSSR count). The van der Waals surface area contributed by atoms with Crippen LogP contribution in [-0.2, 0) is 17.8 Å². The highest BCUT2D eigenvalue weighted by Crippen LogP contribution is 2.22. The molecule has 0 aliphatic rings. The Kier molecular flexibility index (Phi) is 4.11. The molecule has 112 valence electrons. The molecule has 1 aromatic heterocycles. The molecule has 0 atom stereocenters. The molecule has 5 heteroatoms. The minimum atomic E-state index is -0.318. The summed E-state index contributed by atoms with van der Waals surface area (Å²) in [6.45, 7) is 0.175. The number of carbonyl (C=O) groups excluding carboxylic acids is 1. The molecular weight excluding hydrogens is 303 g/mol. The second-order valence-electron chi connectivity index (χ2n) is 5.05. The van der Waals surface area contributed by atoms with Crippen LogP contribution >= 0.6 is 11.6 Å². The van der Waals surface area contributed by atoms with E-state index in [0.29, 0.717) is 10.6 Å². The van der Waals surface area contributed by atoms with E-state index in [9.17, 15) is 9.18 Å². The molecule has 0 aliphatic heterocycles. The van der Waals surface area contributed by atoms with E-state index in [-0.39, 0.29) is 24.7 Å². The number of hydrogen-bond acceptors (Lipinski definition) is 1. The van der Waals surface area contributed by atoms with Crippen LogP contribution in [0.5, 0.6) is 0 Å². The van der Waals surface area contributed by atoms with Crippen LogP contribution in [0.2, 0.25) is 5.02 Å². The smallest absolute Gasteiger partial charge is 0.224 e. The van der Waals surface area contributed by atoms with Gasteiger partial charge < -0.3 is 10.3 Å². The van der Waals surface area contributed by atoms with E-state index in [1.54, 1.807) is 30.5 Å². The number of aromatic nitrogens is 1. The Morgan fingerprint density at radius 1 is 1.18 bits per heavy atom. The molecule has 3 aromatic rings. The fraction of sp³-hybridized carbons (Fsp3) is 0.118. The summed E-state index contributed by atoms with van der Waals surface area (Å²) in [5, 5.41) is 4.28. The predicted octanol–water partition coefficient (Wildman–Crippen LogP) is 3.82. The Labute approximate surface area is 132 Å². The number of hydrogen-bond donors (Lipinski definition) is 2. The van der Waals surface area contributed by atoms with Crippen molar-refractivity contribution in [3.8, 4) is 0 Å². The molecule has 0 saturated carbocycles. The van der Waals surface area contributed by atoms with Crippen molar-refractivity contribution in [2.24, 2.45) is 0 Å². The maximum atomic E-state index is 13.5. The van der Waals surface area contributed by atoms with Crippen LogP contribution in [0.3, 0.4) is 0 Å². The highest BCUT2D eigenvalue weighted by atomic mass is 35.5. The van der Waals surface area contributed by atoms with E-state index in [0.717, 1.165) is 16.5 Å². The zero-order chi connectivity index (χ0) is 15.5. The third-order valence-corrected chi connectivity index (χ3v) is 3.75. The van der Waals surface area contributed by atoms with Gasteiger partial charge in [0.25, 0.3) is 0 Å². The first-order valence-corrected chi connectivity index (χ1v) is 7.27. The number of amides is 1. The van der Waals surface area contributed by atoms with Crippen molar-refractivity contribution in [3.05, 3.63) is 70.6 Å². The maximum Gasteiger partial charge on any atom is 0.224 e. The topological polar surface area (TPSA) is 44.9 Å². The monoisotopic (exact) mass is 316 g/mol. The van der Waals surface area contributed by atoms with E-state index in [2.05, 4.69) is 10.3 Å². The van der Waals surface area contributed by atoms with Gasteiger partial charge in [-0.2, -0.15) is 0 Å². The number of aromatic amines is 1. The lowest BCUT2D eigenvalue weighted by atomic mass is 10.1.